The van der Waals surface area contributed by atoms with Crippen LogP contribution in [0.25, 0.3) is 0 Å². The van der Waals surface area contributed by atoms with Gasteiger partial charge in [0.2, 0.25) is 0 Å². The summed E-state index contributed by atoms with van der Waals surface area (Å²) in [6.07, 6.45) is 3.50. The van der Waals surface area contributed by atoms with Crippen molar-refractivity contribution in [3.05, 3.63) is 47.8 Å². The quantitative estimate of drug-likeness (QED) is 0.855. The van der Waals surface area contributed by atoms with Gasteiger partial charge in [0.15, 0.2) is 6.61 Å². The molecule has 138 valence electrons. The number of ether oxygens (including phenoxy) is 1. The molecule has 0 saturated carbocycles. The van der Waals surface area contributed by atoms with Gasteiger partial charge in [0.25, 0.3) is 5.91 Å². The smallest absolute Gasteiger partial charge is 0.325 e. The van der Waals surface area contributed by atoms with Gasteiger partial charge in [-0.05, 0) is 37.5 Å². The molecule has 7 nitrogen and oxygen atoms in total. The number of carbonyl (C=O) groups is 2. The first-order valence-corrected chi connectivity index (χ1v) is 8.74. The summed E-state index contributed by atoms with van der Waals surface area (Å²) >= 11 is 0. The minimum absolute atomic E-state index is 0.0189. The van der Waals surface area contributed by atoms with E-state index in [-0.39, 0.29) is 25.0 Å². The summed E-state index contributed by atoms with van der Waals surface area (Å²) in [7, 11) is 0. The molecular formula is C19H23N3O4. The van der Waals surface area contributed by atoms with Crippen molar-refractivity contribution in [1.29, 1.82) is 0 Å². The highest BCUT2D eigenvalue weighted by atomic mass is 16.5. The molecule has 0 unspecified atom stereocenters. The summed E-state index contributed by atoms with van der Waals surface area (Å²) < 4.78 is 7.08. The zero-order valence-electron chi connectivity index (χ0n) is 14.8. The van der Waals surface area contributed by atoms with Crippen molar-refractivity contribution >= 4 is 11.9 Å². The molecule has 1 saturated heterocycles. The number of nitrogens with zero attached hydrogens (tertiary/aromatic N) is 3. The van der Waals surface area contributed by atoms with E-state index < -0.39 is 5.97 Å². The van der Waals surface area contributed by atoms with Crippen molar-refractivity contribution in [1.82, 2.24) is 14.7 Å². The maximum atomic E-state index is 12.5. The summed E-state index contributed by atoms with van der Waals surface area (Å²) in [5.41, 5.74) is 1.84. The molecule has 2 aromatic rings. The molecule has 1 amide bonds. The van der Waals surface area contributed by atoms with Crippen LogP contribution in [0.15, 0.2) is 36.5 Å². The number of carboxylic acid groups (broad SMARTS) is 1. The Bertz CT molecular complexity index is 787. The lowest BCUT2D eigenvalue weighted by Crippen LogP contribution is -2.41. The Hall–Kier alpha value is -2.83. The Labute approximate surface area is 152 Å². The number of aliphatic carboxylic acids is 1. The lowest BCUT2D eigenvalue weighted by Gasteiger charge is -2.32. The fourth-order valence-corrected chi connectivity index (χ4v) is 3.22. The highest BCUT2D eigenvalue weighted by molar-refractivity contribution is 5.78. The van der Waals surface area contributed by atoms with Crippen molar-refractivity contribution in [2.24, 2.45) is 0 Å². The Balaban J connectivity index is 1.57. The lowest BCUT2D eigenvalue weighted by molar-refractivity contribution is -0.138. The van der Waals surface area contributed by atoms with Crippen LogP contribution in [0.1, 0.15) is 30.0 Å². The van der Waals surface area contributed by atoms with Crippen molar-refractivity contribution < 1.29 is 19.4 Å². The van der Waals surface area contributed by atoms with Crippen molar-refractivity contribution in [2.75, 3.05) is 19.7 Å². The second-order valence-corrected chi connectivity index (χ2v) is 6.56. The van der Waals surface area contributed by atoms with Crippen molar-refractivity contribution in [3.63, 3.8) is 0 Å². The number of rotatable bonds is 6. The van der Waals surface area contributed by atoms with Gasteiger partial charge in [-0.25, -0.2) is 0 Å². The third kappa shape index (κ3) is 4.41. The first-order valence-electron chi connectivity index (χ1n) is 8.74. The van der Waals surface area contributed by atoms with Crippen molar-refractivity contribution in [2.45, 2.75) is 32.2 Å². The third-order valence-electron chi connectivity index (χ3n) is 4.60. The van der Waals surface area contributed by atoms with Gasteiger partial charge in [0, 0.05) is 25.2 Å². The van der Waals surface area contributed by atoms with Crippen LogP contribution in [0.2, 0.25) is 0 Å². The first kappa shape index (κ1) is 18.0. The third-order valence-corrected chi connectivity index (χ3v) is 4.60. The van der Waals surface area contributed by atoms with Crippen LogP contribution in [0.3, 0.4) is 0 Å². The molecule has 26 heavy (non-hydrogen) atoms. The van der Waals surface area contributed by atoms with Gasteiger partial charge >= 0.3 is 5.97 Å². The largest absolute Gasteiger partial charge is 0.484 e. The van der Waals surface area contributed by atoms with E-state index in [1.54, 1.807) is 6.20 Å². The predicted molar refractivity (Wildman–Crippen MR) is 95.1 cm³/mol. The number of hydrogen-bond donors (Lipinski definition) is 1. The normalized spacial score (nSPS) is 17.1. The van der Waals surface area contributed by atoms with Gasteiger partial charge in [-0.3, -0.25) is 14.3 Å². The van der Waals surface area contributed by atoms with E-state index in [1.807, 2.05) is 42.2 Å². The van der Waals surface area contributed by atoms with E-state index in [9.17, 15) is 9.59 Å². The van der Waals surface area contributed by atoms with E-state index in [4.69, 9.17) is 9.84 Å². The minimum atomic E-state index is -0.923. The lowest BCUT2D eigenvalue weighted by atomic mass is 9.95. The Kier molecular flexibility index (Phi) is 5.55. The van der Waals surface area contributed by atoms with Gasteiger partial charge in [-0.2, -0.15) is 5.10 Å². The van der Waals surface area contributed by atoms with Gasteiger partial charge < -0.3 is 14.7 Å². The number of aryl methyl sites for hydroxylation is 1. The molecule has 1 aliphatic rings. The van der Waals surface area contributed by atoms with Crippen LogP contribution in [0, 0.1) is 6.92 Å². The number of aromatic nitrogens is 2. The number of carbonyl (C=O) groups excluding carboxylic acids is 1. The molecule has 0 spiro atoms. The van der Waals surface area contributed by atoms with Gasteiger partial charge in [-0.15, -0.1) is 0 Å². The molecule has 1 N–H and O–H groups in total. The number of carboxylic acids is 1. The number of para-hydroxylation sites is 1. The molecule has 1 aromatic carbocycles. The molecule has 1 atom stereocenters. The van der Waals surface area contributed by atoms with E-state index in [1.165, 1.54) is 4.68 Å². The van der Waals surface area contributed by atoms with E-state index >= 15 is 0 Å². The molecule has 3 rings (SSSR count). The SMILES string of the molecule is Cc1ccccc1OCC(=O)N1CCC[C@@H](c2ccn(CC(=O)O)n2)C1. The number of hydrogen-bond acceptors (Lipinski definition) is 4. The van der Waals surface area contributed by atoms with Gasteiger partial charge in [-0.1, -0.05) is 18.2 Å². The number of amides is 1. The first-order chi connectivity index (χ1) is 12.5. The molecular weight excluding hydrogens is 334 g/mol. The zero-order chi connectivity index (χ0) is 18.5. The summed E-state index contributed by atoms with van der Waals surface area (Å²) in [5.74, 6) is -0.112. The fourth-order valence-electron chi connectivity index (χ4n) is 3.22. The maximum Gasteiger partial charge on any atom is 0.325 e. The molecule has 0 aliphatic carbocycles. The van der Waals surface area contributed by atoms with Crippen molar-refractivity contribution in [3.8, 4) is 5.75 Å². The van der Waals surface area contributed by atoms with Crippen LogP contribution in [0.4, 0.5) is 0 Å². The predicted octanol–water partition coefficient (Wildman–Crippen LogP) is 2.06. The highest BCUT2D eigenvalue weighted by Gasteiger charge is 2.26. The molecule has 0 radical (unpaired) electrons. The maximum absolute atomic E-state index is 12.5. The summed E-state index contributed by atoms with van der Waals surface area (Å²) in [6, 6.07) is 9.46. The van der Waals surface area contributed by atoms with Crippen LogP contribution in [-0.2, 0) is 16.1 Å². The Morgan fingerprint density at radius 2 is 2.12 bits per heavy atom. The molecule has 0 bridgehead atoms. The Morgan fingerprint density at radius 3 is 2.88 bits per heavy atom. The average molecular weight is 357 g/mol. The fraction of sp³-hybridized carbons (Fsp3) is 0.421. The van der Waals surface area contributed by atoms with Gasteiger partial charge in [0.1, 0.15) is 12.3 Å². The molecule has 7 heteroatoms. The number of likely N-dealkylation sites (tertiary alicyclic amines) is 1. The molecule has 2 heterocycles. The van der Waals surface area contributed by atoms with Gasteiger partial charge in [0.05, 0.1) is 5.69 Å². The van der Waals surface area contributed by atoms with Crippen LogP contribution in [-0.4, -0.2) is 51.4 Å². The molecule has 1 aliphatic heterocycles. The monoisotopic (exact) mass is 357 g/mol. The van der Waals surface area contributed by atoms with Crippen LogP contribution < -0.4 is 4.74 Å². The highest BCUT2D eigenvalue weighted by Crippen LogP contribution is 2.26. The Morgan fingerprint density at radius 1 is 1.31 bits per heavy atom. The molecule has 1 fully saturated rings. The van der Waals surface area contributed by atoms with Crippen LogP contribution in [0.5, 0.6) is 5.75 Å². The van der Waals surface area contributed by atoms with Crippen LogP contribution >= 0.6 is 0 Å². The standard InChI is InChI=1S/C19H23N3O4/c1-14-5-2-3-7-17(14)26-13-18(23)21-9-4-6-15(11-21)16-8-10-22(20-16)12-19(24)25/h2-3,5,7-8,10,15H,4,6,9,11-13H2,1H3,(H,24,25)/t15-/m1/s1. The second-order valence-electron chi connectivity index (χ2n) is 6.56. The van der Waals surface area contributed by atoms with E-state index in [0.717, 1.165) is 29.8 Å². The summed E-state index contributed by atoms with van der Waals surface area (Å²) in [6.45, 7) is 3.11. The molecule has 1 aromatic heterocycles. The van der Waals surface area contributed by atoms with E-state index in [0.29, 0.717) is 13.1 Å². The second kappa shape index (κ2) is 8.03. The zero-order valence-corrected chi connectivity index (χ0v) is 14.8. The summed E-state index contributed by atoms with van der Waals surface area (Å²) in [4.78, 5) is 25.1. The topological polar surface area (TPSA) is 84.7 Å². The number of piperidine rings is 1. The summed E-state index contributed by atoms with van der Waals surface area (Å²) in [5, 5.41) is 13.2. The van der Waals surface area contributed by atoms with E-state index in [2.05, 4.69) is 5.10 Å². The minimum Gasteiger partial charge on any atom is -0.484 e. The number of benzene rings is 1. The average Bonchev–Trinajstić information content (AvgIpc) is 3.08.